The quantitative estimate of drug-likeness (QED) is 0.548. The first-order valence-corrected chi connectivity index (χ1v) is 8.13. The maximum Gasteiger partial charge on any atom is 0.150 e. The number of hydrogen-bond donors (Lipinski definition) is 0. The van der Waals surface area contributed by atoms with Crippen LogP contribution in [0.15, 0.2) is 48.5 Å². The van der Waals surface area contributed by atoms with Gasteiger partial charge in [-0.2, -0.15) is 11.8 Å². The molecule has 0 amide bonds. The van der Waals surface area contributed by atoms with Crippen molar-refractivity contribution >= 4 is 24.3 Å². The van der Waals surface area contributed by atoms with Crippen LogP contribution in [0.1, 0.15) is 31.8 Å². The van der Waals surface area contributed by atoms with E-state index in [-0.39, 0.29) is 0 Å². The van der Waals surface area contributed by atoms with E-state index in [0.717, 1.165) is 48.0 Å². The topological polar surface area (TPSA) is 34.1 Å². The molecule has 2 aromatic rings. The third-order valence-corrected chi connectivity index (χ3v) is 4.29. The molecule has 0 saturated heterocycles. The molecule has 2 rings (SSSR count). The zero-order chi connectivity index (χ0) is 14.9. The summed E-state index contributed by atoms with van der Waals surface area (Å²) in [4.78, 5) is 21.1. The van der Waals surface area contributed by atoms with Crippen LogP contribution in [0, 0.1) is 0 Å². The Kier molecular flexibility index (Phi) is 6.22. The first-order chi connectivity index (χ1) is 10.3. The second-order valence-electron chi connectivity index (χ2n) is 4.83. The van der Waals surface area contributed by atoms with Gasteiger partial charge < -0.3 is 0 Å². The number of thioether (sulfide) groups is 1. The van der Waals surface area contributed by atoms with E-state index < -0.39 is 0 Å². The Morgan fingerprint density at radius 2 is 1.05 bits per heavy atom. The molecule has 0 radical (unpaired) electrons. The van der Waals surface area contributed by atoms with Gasteiger partial charge in [0.1, 0.15) is 12.6 Å². The van der Waals surface area contributed by atoms with Crippen molar-refractivity contribution in [1.82, 2.24) is 0 Å². The number of carbonyl (C=O) groups is 2. The predicted octanol–water partition coefficient (Wildman–Crippen LogP) is 3.83. The largest absolute Gasteiger partial charge is 0.298 e. The molecule has 0 bridgehead atoms. The number of benzene rings is 2. The van der Waals surface area contributed by atoms with Crippen molar-refractivity contribution in [3.8, 4) is 0 Å². The lowest BCUT2D eigenvalue weighted by molar-refractivity contribution is 0.111. The van der Waals surface area contributed by atoms with E-state index in [4.69, 9.17) is 0 Å². The average Bonchev–Trinajstić information content (AvgIpc) is 2.55. The van der Waals surface area contributed by atoms with Gasteiger partial charge in [0.05, 0.1) is 0 Å². The van der Waals surface area contributed by atoms with E-state index in [1.807, 2.05) is 60.3 Å². The molecule has 108 valence electrons. The van der Waals surface area contributed by atoms with Crippen molar-refractivity contribution < 1.29 is 9.59 Å². The molecule has 0 heterocycles. The summed E-state index contributed by atoms with van der Waals surface area (Å²) < 4.78 is 0. The van der Waals surface area contributed by atoms with Gasteiger partial charge in [0.25, 0.3) is 0 Å². The summed E-state index contributed by atoms with van der Waals surface area (Å²) in [5.74, 6) is 2.15. The van der Waals surface area contributed by atoms with Crippen LogP contribution < -0.4 is 0 Å². The Labute approximate surface area is 129 Å². The number of aldehydes is 2. The van der Waals surface area contributed by atoms with Crippen molar-refractivity contribution in [2.24, 2.45) is 0 Å². The first kappa shape index (κ1) is 15.5. The van der Waals surface area contributed by atoms with Crippen LogP contribution in [0.2, 0.25) is 0 Å². The lowest BCUT2D eigenvalue weighted by Gasteiger charge is -2.03. The summed E-state index contributed by atoms with van der Waals surface area (Å²) in [7, 11) is 0. The standard InChI is InChI=1S/C18H18O2S/c19-13-17-5-1-15(2-6-17)9-11-21-12-10-16-3-7-18(14-20)8-4-16/h1-8,13-14H,9-12H2. The Morgan fingerprint density at radius 3 is 1.38 bits per heavy atom. The van der Waals surface area contributed by atoms with Crippen LogP contribution in [-0.4, -0.2) is 24.1 Å². The Bertz CT molecular complexity index is 520. The third kappa shape index (κ3) is 5.20. The van der Waals surface area contributed by atoms with Crippen LogP contribution >= 0.6 is 11.8 Å². The second-order valence-corrected chi connectivity index (χ2v) is 6.06. The minimum absolute atomic E-state index is 0.727. The zero-order valence-corrected chi connectivity index (χ0v) is 12.6. The third-order valence-electron chi connectivity index (χ3n) is 3.30. The molecule has 2 aromatic carbocycles. The molecule has 0 N–H and O–H groups in total. The summed E-state index contributed by atoms with van der Waals surface area (Å²) in [6.07, 6.45) is 3.78. The lowest BCUT2D eigenvalue weighted by Crippen LogP contribution is -1.94. The Morgan fingerprint density at radius 1 is 0.667 bits per heavy atom. The van der Waals surface area contributed by atoms with E-state index in [9.17, 15) is 9.59 Å². The van der Waals surface area contributed by atoms with E-state index >= 15 is 0 Å². The average molecular weight is 298 g/mol. The minimum atomic E-state index is 0.727. The van der Waals surface area contributed by atoms with Gasteiger partial charge in [0, 0.05) is 11.1 Å². The van der Waals surface area contributed by atoms with Crippen molar-refractivity contribution in [3.05, 3.63) is 70.8 Å². The molecule has 0 aliphatic rings. The highest BCUT2D eigenvalue weighted by molar-refractivity contribution is 7.99. The predicted molar refractivity (Wildman–Crippen MR) is 88.4 cm³/mol. The maximum atomic E-state index is 10.6. The van der Waals surface area contributed by atoms with Crippen molar-refractivity contribution in [2.45, 2.75) is 12.8 Å². The highest BCUT2D eigenvalue weighted by Crippen LogP contribution is 2.11. The van der Waals surface area contributed by atoms with Crippen LogP contribution in [0.5, 0.6) is 0 Å². The molecule has 0 unspecified atom stereocenters. The van der Waals surface area contributed by atoms with E-state index in [1.165, 1.54) is 11.1 Å². The number of aryl methyl sites for hydroxylation is 2. The SMILES string of the molecule is O=Cc1ccc(CCSCCc2ccc(C=O)cc2)cc1. The monoisotopic (exact) mass is 298 g/mol. The summed E-state index contributed by atoms with van der Waals surface area (Å²) in [5, 5.41) is 0. The van der Waals surface area contributed by atoms with Gasteiger partial charge >= 0.3 is 0 Å². The Balaban J connectivity index is 1.66. The van der Waals surface area contributed by atoms with E-state index in [2.05, 4.69) is 0 Å². The highest BCUT2D eigenvalue weighted by atomic mass is 32.2. The summed E-state index contributed by atoms with van der Waals surface area (Å²) in [6, 6.07) is 15.5. The molecule has 0 aliphatic heterocycles. The van der Waals surface area contributed by atoms with Crippen LogP contribution in [0.4, 0.5) is 0 Å². The Hall–Kier alpha value is -1.87. The van der Waals surface area contributed by atoms with Crippen LogP contribution in [0.25, 0.3) is 0 Å². The fourth-order valence-corrected chi connectivity index (χ4v) is 2.97. The van der Waals surface area contributed by atoms with Crippen molar-refractivity contribution in [2.75, 3.05) is 11.5 Å². The second kappa shape index (κ2) is 8.42. The molecular formula is C18H18O2S. The van der Waals surface area contributed by atoms with Gasteiger partial charge in [-0.3, -0.25) is 9.59 Å². The van der Waals surface area contributed by atoms with Crippen LogP contribution in [0.3, 0.4) is 0 Å². The molecule has 0 fully saturated rings. The van der Waals surface area contributed by atoms with E-state index in [1.54, 1.807) is 0 Å². The molecular weight excluding hydrogens is 280 g/mol. The molecule has 0 saturated carbocycles. The van der Waals surface area contributed by atoms with Gasteiger partial charge in [0.15, 0.2) is 0 Å². The molecule has 0 atom stereocenters. The molecule has 0 aromatic heterocycles. The minimum Gasteiger partial charge on any atom is -0.298 e. The van der Waals surface area contributed by atoms with Gasteiger partial charge in [-0.05, 0) is 35.5 Å². The normalized spacial score (nSPS) is 10.3. The summed E-state index contributed by atoms with van der Waals surface area (Å²) >= 11 is 1.92. The van der Waals surface area contributed by atoms with Crippen molar-refractivity contribution in [3.63, 3.8) is 0 Å². The number of carbonyl (C=O) groups excluding carboxylic acids is 2. The lowest BCUT2D eigenvalue weighted by atomic mass is 10.1. The van der Waals surface area contributed by atoms with Crippen molar-refractivity contribution in [1.29, 1.82) is 0 Å². The summed E-state index contributed by atoms with van der Waals surface area (Å²) in [6.45, 7) is 0. The fourth-order valence-electron chi connectivity index (χ4n) is 2.01. The molecule has 2 nitrogen and oxygen atoms in total. The molecule has 21 heavy (non-hydrogen) atoms. The summed E-state index contributed by atoms with van der Waals surface area (Å²) in [5.41, 5.74) is 3.99. The first-order valence-electron chi connectivity index (χ1n) is 6.98. The van der Waals surface area contributed by atoms with Crippen LogP contribution in [-0.2, 0) is 12.8 Å². The molecule has 0 aliphatic carbocycles. The zero-order valence-electron chi connectivity index (χ0n) is 11.8. The smallest absolute Gasteiger partial charge is 0.150 e. The molecule has 3 heteroatoms. The fraction of sp³-hybridized carbons (Fsp3) is 0.222. The number of hydrogen-bond acceptors (Lipinski definition) is 3. The van der Waals surface area contributed by atoms with E-state index in [0.29, 0.717) is 0 Å². The van der Waals surface area contributed by atoms with Gasteiger partial charge in [-0.1, -0.05) is 48.5 Å². The van der Waals surface area contributed by atoms with Gasteiger partial charge in [-0.25, -0.2) is 0 Å². The van der Waals surface area contributed by atoms with Gasteiger partial charge in [0.2, 0.25) is 0 Å². The highest BCUT2D eigenvalue weighted by Gasteiger charge is 1.97. The van der Waals surface area contributed by atoms with Gasteiger partial charge in [-0.15, -0.1) is 0 Å². The maximum absolute atomic E-state index is 10.6. The number of rotatable bonds is 8. The molecule has 0 spiro atoms.